The van der Waals surface area contributed by atoms with Crippen molar-refractivity contribution in [1.82, 2.24) is 4.90 Å². The van der Waals surface area contributed by atoms with Crippen LogP contribution < -0.4 is 11.1 Å². The van der Waals surface area contributed by atoms with Crippen LogP contribution in [0.3, 0.4) is 0 Å². The first-order valence-electron chi connectivity index (χ1n) is 7.82. The van der Waals surface area contributed by atoms with E-state index in [4.69, 9.17) is 5.73 Å². The smallest absolute Gasteiger partial charge is 0.229 e. The lowest BCUT2D eigenvalue weighted by atomic mass is 9.94. The van der Waals surface area contributed by atoms with Crippen LogP contribution in [0.2, 0.25) is 0 Å². The maximum absolute atomic E-state index is 12.5. The SMILES string of the molecule is CC(C(=O)Nc1cccc(CN(C)C)c1)C(N)c1ccccc1. The number of hydrogen-bond acceptors (Lipinski definition) is 3. The average Bonchev–Trinajstić information content (AvgIpc) is 2.54. The molecule has 0 bridgehead atoms. The van der Waals surface area contributed by atoms with E-state index in [1.807, 2.05) is 69.6 Å². The Morgan fingerprint density at radius 3 is 2.48 bits per heavy atom. The van der Waals surface area contributed by atoms with Gasteiger partial charge in [-0.05, 0) is 37.4 Å². The molecule has 2 unspecified atom stereocenters. The molecule has 0 aliphatic heterocycles. The first kappa shape index (κ1) is 17.2. The van der Waals surface area contributed by atoms with Gasteiger partial charge in [0.2, 0.25) is 5.91 Å². The number of hydrogen-bond donors (Lipinski definition) is 2. The van der Waals surface area contributed by atoms with Gasteiger partial charge in [-0.2, -0.15) is 0 Å². The van der Waals surface area contributed by atoms with E-state index >= 15 is 0 Å². The normalized spacial score (nSPS) is 13.6. The predicted molar refractivity (Wildman–Crippen MR) is 95.0 cm³/mol. The van der Waals surface area contributed by atoms with E-state index in [1.54, 1.807) is 0 Å². The molecular weight excluding hydrogens is 286 g/mol. The standard InChI is InChI=1S/C19H25N3O/c1-14(18(20)16-9-5-4-6-10-16)19(23)21-17-11-7-8-15(12-17)13-22(2)3/h4-12,14,18H,13,20H2,1-3H3,(H,21,23). The highest BCUT2D eigenvalue weighted by Gasteiger charge is 2.22. The highest BCUT2D eigenvalue weighted by Crippen LogP contribution is 2.21. The molecule has 23 heavy (non-hydrogen) atoms. The minimum atomic E-state index is -0.318. The number of amides is 1. The van der Waals surface area contributed by atoms with Gasteiger partial charge in [-0.15, -0.1) is 0 Å². The number of carbonyl (C=O) groups is 1. The summed E-state index contributed by atoms with van der Waals surface area (Å²) >= 11 is 0. The van der Waals surface area contributed by atoms with E-state index in [2.05, 4.69) is 16.3 Å². The number of benzene rings is 2. The molecule has 0 saturated heterocycles. The van der Waals surface area contributed by atoms with Gasteiger partial charge < -0.3 is 16.0 Å². The van der Waals surface area contributed by atoms with Crippen molar-refractivity contribution < 1.29 is 4.79 Å². The van der Waals surface area contributed by atoms with Crippen LogP contribution in [-0.2, 0) is 11.3 Å². The van der Waals surface area contributed by atoms with Crippen LogP contribution in [0.25, 0.3) is 0 Å². The molecule has 0 saturated carbocycles. The summed E-state index contributed by atoms with van der Waals surface area (Å²) in [6.45, 7) is 2.69. The van der Waals surface area contributed by atoms with Gasteiger partial charge >= 0.3 is 0 Å². The molecule has 3 N–H and O–H groups in total. The quantitative estimate of drug-likeness (QED) is 0.862. The third-order valence-electron chi connectivity index (χ3n) is 3.83. The summed E-state index contributed by atoms with van der Waals surface area (Å²) in [4.78, 5) is 14.6. The minimum absolute atomic E-state index is 0.0663. The van der Waals surface area contributed by atoms with Crippen LogP contribution in [0.1, 0.15) is 24.1 Å². The van der Waals surface area contributed by atoms with Gasteiger partial charge in [-0.25, -0.2) is 0 Å². The number of anilines is 1. The van der Waals surface area contributed by atoms with Gasteiger partial charge in [0.25, 0.3) is 0 Å². The maximum Gasteiger partial charge on any atom is 0.229 e. The van der Waals surface area contributed by atoms with E-state index in [0.717, 1.165) is 23.4 Å². The molecular formula is C19H25N3O. The Balaban J connectivity index is 2.03. The molecule has 0 radical (unpaired) electrons. The summed E-state index contributed by atoms with van der Waals surface area (Å²) in [5, 5.41) is 2.97. The fourth-order valence-electron chi connectivity index (χ4n) is 2.50. The molecule has 122 valence electrons. The molecule has 2 atom stereocenters. The molecule has 4 nitrogen and oxygen atoms in total. The number of rotatable bonds is 6. The van der Waals surface area contributed by atoms with Crippen molar-refractivity contribution in [3.05, 3.63) is 65.7 Å². The van der Waals surface area contributed by atoms with Gasteiger partial charge in [0, 0.05) is 18.3 Å². The average molecular weight is 311 g/mol. The Hall–Kier alpha value is -2.17. The summed E-state index contributed by atoms with van der Waals surface area (Å²) in [6.07, 6.45) is 0. The first-order chi connectivity index (χ1) is 11.0. The lowest BCUT2D eigenvalue weighted by molar-refractivity contribution is -0.120. The maximum atomic E-state index is 12.5. The van der Waals surface area contributed by atoms with E-state index in [0.29, 0.717) is 0 Å². The third kappa shape index (κ3) is 4.91. The van der Waals surface area contributed by atoms with Crippen LogP contribution in [0.4, 0.5) is 5.69 Å². The van der Waals surface area contributed by atoms with Crippen molar-refractivity contribution in [3.63, 3.8) is 0 Å². The van der Waals surface area contributed by atoms with Gasteiger partial charge in [-0.1, -0.05) is 49.4 Å². The highest BCUT2D eigenvalue weighted by molar-refractivity contribution is 5.92. The Bertz CT molecular complexity index is 640. The minimum Gasteiger partial charge on any atom is -0.326 e. The topological polar surface area (TPSA) is 58.4 Å². The van der Waals surface area contributed by atoms with Crippen LogP contribution in [0, 0.1) is 5.92 Å². The fourth-order valence-corrected chi connectivity index (χ4v) is 2.50. The molecule has 0 spiro atoms. The van der Waals surface area contributed by atoms with E-state index in [9.17, 15) is 4.79 Å². The van der Waals surface area contributed by atoms with Crippen LogP contribution in [0.15, 0.2) is 54.6 Å². The second kappa shape index (κ2) is 7.90. The molecule has 2 rings (SSSR count). The molecule has 0 aromatic heterocycles. The largest absolute Gasteiger partial charge is 0.326 e. The Kier molecular flexibility index (Phi) is 5.90. The number of nitrogens with one attached hydrogen (secondary N) is 1. The first-order valence-corrected chi connectivity index (χ1v) is 7.82. The zero-order chi connectivity index (χ0) is 16.8. The molecule has 4 heteroatoms. The van der Waals surface area contributed by atoms with Crippen LogP contribution in [-0.4, -0.2) is 24.9 Å². The van der Waals surface area contributed by atoms with Crippen molar-refractivity contribution in [2.45, 2.75) is 19.5 Å². The molecule has 1 amide bonds. The Morgan fingerprint density at radius 2 is 1.83 bits per heavy atom. The lowest BCUT2D eigenvalue weighted by Crippen LogP contribution is -2.30. The highest BCUT2D eigenvalue weighted by atomic mass is 16.1. The fraction of sp³-hybridized carbons (Fsp3) is 0.316. The van der Waals surface area contributed by atoms with Crippen molar-refractivity contribution in [1.29, 1.82) is 0 Å². The summed E-state index contributed by atoms with van der Waals surface area (Å²) < 4.78 is 0. The summed E-state index contributed by atoms with van der Waals surface area (Å²) in [5.41, 5.74) is 9.16. The van der Waals surface area contributed by atoms with Crippen molar-refractivity contribution in [2.24, 2.45) is 11.7 Å². The Labute approximate surface area is 138 Å². The van der Waals surface area contributed by atoms with E-state index < -0.39 is 0 Å². The van der Waals surface area contributed by atoms with Gasteiger partial charge in [0.05, 0.1) is 5.92 Å². The van der Waals surface area contributed by atoms with Gasteiger partial charge in [0.1, 0.15) is 0 Å². The predicted octanol–water partition coefficient (Wildman–Crippen LogP) is 3.02. The molecule has 0 fully saturated rings. The number of nitrogens with zero attached hydrogens (tertiary/aromatic N) is 1. The number of nitrogens with two attached hydrogens (primary N) is 1. The third-order valence-corrected chi connectivity index (χ3v) is 3.83. The summed E-state index contributed by atoms with van der Waals surface area (Å²) in [7, 11) is 4.04. The van der Waals surface area contributed by atoms with E-state index in [1.165, 1.54) is 0 Å². The zero-order valence-corrected chi connectivity index (χ0v) is 14.0. The van der Waals surface area contributed by atoms with E-state index in [-0.39, 0.29) is 17.9 Å². The second-order valence-electron chi connectivity index (χ2n) is 6.15. The number of carbonyl (C=O) groups excluding carboxylic acids is 1. The molecule has 0 aliphatic rings. The zero-order valence-electron chi connectivity index (χ0n) is 14.0. The second-order valence-corrected chi connectivity index (χ2v) is 6.15. The van der Waals surface area contributed by atoms with Crippen molar-refractivity contribution >= 4 is 11.6 Å². The molecule has 2 aromatic rings. The lowest BCUT2D eigenvalue weighted by Gasteiger charge is -2.20. The van der Waals surface area contributed by atoms with Crippen molar-refractivity contribution in [3.8, 4) is 0 Å². The summed E-state index contributed by atoms with van der Waals surface area (Å²) in [6, 6.07) is 17.3. The van der Waals surface area contributed by atoms with Gasteiger partial charge in [-0.3, -0.25) is 4.79 Å². The monoisotopic (exact) mass is 311 g/mol. The van der Waals surface area contributed by atoms with Gasteiger partial charge in [0.15, 0.2) is 0 Å². The molecule has 0 aliphatic carbocycles. The molecule has 2 aromatic carbocycles. The Morgan fingerprint density at radius 1 is 1.13 bits per heavy atom. The van der Waals surface area contributed by atoms with Crippen LogP contribution in [0.5, 0.6) is 0 Å². The van der Waals surface area contributed by atoms with Crippen molar-refractivity contribution in [2.75, 3.05) is 19.4 Å². The van der Waals surface area contributed by atoms with Crippen LogP contribution >= 0.6 is 0 Å². The molecule has 0 heterocycles. The summed E-state index contributed by atoms with van der Waals surface area (Å²) in [5.74, 6) is -0.377.